The van der Waals surface area contributed by atoms with Crippen LogP contribution in [0.1, 0.15) is 59.8 Å². The molecule has 0 aliphatic rings. The van der Waals surface area contributed by atoms with E-state index in [1.807, 2.05) is 0 Å². The molecule has 0 radical (unpaired) electrons. The summed E-state index contributed by atoms with van der Waals surface area (Å²) in [7, 11) is 0. The fourth-order valence-corrected chi connectivity index (χ4v) is 4.19. The summed E-state index contributed by atoms with van der Waals surface area (Å²) in [5.41, 5.74) is 11.2. The van der Waals surface area contributed by atoms with Gasteiger partial charge in [-0.1, -0.05) is 34.1 Å². The van der Waals surface area contributed by atoms with Crippen LogP contribution in [0.3, 0.4) is 0 Å². The van der Waals surface area contributed by atoms with E-state index in [9.17, 15) is 53.7 Å². The SMILES string of the molecule is CC(C)[C@H](NC(=O)[C@H](CCC(=O)O)NC(=O)[C@@H](NC(=O)CNC(=O)[C@H](CO)NC(=O)[C@H](CO)NC(=O)[C@@H](N)CCCCN)C(C)C)C(=O)O. The lowest BCUT2D eigenvalue weighted by molar-refractivity contribution is -0.144. The molecule has 0 saturated carbocycles. The lowest BCUT2D eigenvalue weighted by Crippen LogP contribution is -2.59. The Balaban J connectivity index is 5.39. The number of rotatable bonds is 24. The minimum atomic E-state index is -1.61. The standard InChI is InChI=1S/C29H52N8O12/c1-14(2)22(28(47)33-17(8-9-21(41)42)26(45)37-23(15(3)4)29(48)49)36-20(40)11-32-25(44)18(12-38)35-27(46)19(13-39)34-24(43)16(31)7-5-6-10-30/h14-19,22-23,38-39H,5-13,30-31H2,1-4H3,(H,32,44)(H,33,47)(H,34,43)(H,35,46)(H,36,40)(H,37,45)(H,41,42)(H,48,49)/t16-,17-,18-,19-,22-,23-/m0/s1. The van der Waals surface area contributed by atoms with Crippen LogP contribution in [0, 0.1) is 11.8 Å². The molecule has 14 N–H and O–H groups in total. The van der Waals surface area contributed by atoms with E-state index in [1.54, 1.807) is 27.7 Å². The molecule has 0 aromatic heterocycles. The number of carboxylic acid groups (broad SMARTS) is 2. The van der Waals surface area contributed by atoms with Crippen molar-refractivity contribution >= 4 is 47.4 Å². The summed E-state index contributed by atoms with van der Waals surface area (Å²) in [4.78, 5) is 98.8. The van der Waals surface area contributed by atoms with Gasteiger partial charge in [0.1, 0.15) is 30.2 Å². The second-order valence-corrected chi connectivity index (χ2v) is 11.9. The summed E-state index contributed by atoms with van der Waals surface area (Å²) in [6.45, 7) is 4.06. The molecular formula is C29H52N8O12. The van der Waals surface area contributed by atoms with Crippen LogP contribution < -0.4 is 43.4 Å². The van der Waals surface area contributed by atoms with Crippen molar-refractivity contribution in [3.63, 3.8) is 0 Å². The van der Waals surface area contributed by atoms with E-state index in [1.165, 1.54) is 0 Å². The van der Waals surface area contributed by atoms with Crippen molar-refractivity contribution < 1.29 is 58.8 Å². The molecule has 0 fully saturated rings. The van der Waals surface area contributed by atoms with Crippen molar-refractivity contribution in [3.05, 3.63) is 0 Å². The third-order valence-electron chi connectivity index (χ3n) is 7.14. The number of nitrogens with one attached hydrogen (secondary N) is 6. The number of aliphatic hydroxyl groups excluding tert-OH is 2. The Labute approximate surface area is 283 Å². The molecule has 0 aliphatic heterocycles. The number of nitrogens with two attached hydrogens (primary N) is 2. The van der Waals surface area contributed by atoms with Crippen LogP contribution in [-0.4, -0.2) is 130 Å². The first-order chi connectivity index (χ1) is 22.9. The molecule has 0 unspecified atom stereocenters. The summed E-state index contributed by atoms with van der Waals surface area (Å²) in [5.74, 6) is -9.25. The van der Waals surface area contributed by atoms with Crippen molar-refractivity contribution in [2.45, 2.75) is 96.1 Å². The maximum Gasteiger partial charge on any atom is 0.326 e. The Hall–Kier alpha value is -4.40. The first-order valence-electron chi connectivity index (χ1n) is 15.8. The predicted molar refractivity (Wildman–Crippen MR) is 172 cm³/mol. The number of carbonyl (C=O) groups excluding carboxylic acids is 6. The molecule has 0 aliphatic carbocycles. The minimum absolute atomic E-state index is 0.276. The molecule has 280 valence electrons. The average molecular weight is 705 g/mol. The zero-order chi connectivity index (χ0) is 37.8. The molecule has 49 heavy (non-hydrogen) atoms. The molecule has 0 bridgehead atoms. The molecule has 20 nitrogen and oxygen atoms in total. The van der Waals surface area contributed by atoms with Crippen LogP contribution in [0.2, 0.25) is 0 Å². The highest BCUT2D eigenvalue weighted by molar-refractivity contribution is 5.96. The first kappa shape index (κ1) is 44.6. The predicted octanol–water partition coefficient (Wildman–Crippen LogP) is -4.77. The maximum atomic E-state index is 13.1. The zero-order valence-electron chi connectivity index (χ0n) is 28.2. The summed E-state index contributed by atoms with van der Waals surface area (Å²) in [6.07, 6.45) is 0.534. The molecule has 20 heteroatoms. The van der Waals surface area contributed by atoms with E-state index in [0.717, 1.165) is 0 Å². The lowest BCUT2D eigenvalue weighted by Gasteiger charge is -2.27. The summed E-state index contributed by atoms with van der Waals surface area (Å²) in [5, 5.41) is 51.3. The van der Waals surface area contributed by atoms with E-state index in [0.29, 0.717) is 19.4 Å². The van der Waals surface area contributed by atoms with Crippen molar-refractivity contribution in [2.75, 3.05) is 26.3 Å². The Morgan fingerprint density at radius 3 is 1.61 bits per heavy atom. The van der Waals surface area contributed by atoms with Gasteiger partial charge in [0, 0.05) is 6.42 Å². The second-order valence-electron chi connectivity index (χ2n) is 11.9. The quantitative estimate of drug-likeness (QED) is 0.0420. The highest BCUT2D eigenvalue weighted by Crippen LogP contribution is 2.08. The van der Waals surface area contributed by atoms with Crippen LogP contribution in [-0.2, 0) is 38.4 Å². The second kappa shape index (κ2) is 23.0. The summed E-state index contributed by atoms with van der Waals surface area (Å²) in [6, 6.07) is -8.18. The molecule has 0 aromatic carbocycles. The molecule has 6 amide bonds. The van der Waals surface area contributed by atoms with Gasteiger partial charge in [0.15, 0.2) is 0 Å². The van der Waals surface area contributed by atoms with Crippen LogP contribution in [0.15, 0.2) is 0 Å². The molecule has 0 rings (SSSR count). The van der Waals surface area contributed by atoms with Crippen molar-refractivity contribution in [2.24, 2.45) is 23.3 Å². The number of carboxylic acids is 2. The highest BCUT2D eigenvalue weighted by Gasteiger charge is 2.33. The lowest BCUT2D eigenvalue weighted by atomic mass is 10.0. The molecule has 0 heterocycles. The Morgan fingerprint density at radius 2 is 1.12 bits per heavy atom. The number of amides is 6. The van der Waals surface area contributed by atoms with Crippen LogP contribution >= 0.6 is 0 Å². The fraction of sp³-hybridized carbons (Fsp3) is 0.724. The van der Waals surface area contributed by atoms with Gasteiger partial charge < -0.3 is 63.8 Å². The number of hydrogen-bond donors (Lipinski definition) is 12. The van der Waals surface area contributed by atoms with Gasteiger partial charge in [-0.2, -0.15) is 0 Å². The third kappa shape index (κ3) is 17.0. The number of aliphatic carboxylic acids is 2. The van der Waals surface area contributed by atoms with Crippen LogP contribution in [0.4, 0.5) is 0 Å². The van der Waals surface area contributed by atoms with Gasteiger partial charge in [0.25, 0.3) is 0 Å². The Kier molecular flexibility index (Phi) is 21.0. The monoisotopic (exact) mass is 704 g/mol. The number of unbranched alkanes of at least 4 members (excludes halogenated alkanes) is 1. The van der Waals surface area contributed by atoms with Crippen molar-refractivity contribution in [3.8, 4) is 0 Å². The summed E-state index contributed by atoms with van der Waals surface area (Å²) < 4.78 is 0. The Morgan fingerprint density at radius 1 is 0.612 bits per heavy atom. The van der Waals surface area contributed by atoms with Gasteiger partial charge in [0.2, 0.25) is 35.4 Å². The van der Waals surface area contributed by atoms with Gasteiger partial charge in [0.05, 0.1) is 25.8 Å². The van der Waals surface area contributed by atoms with Crippen molar-refractivity contribution in [1.29, 1.82) is 0 Å². The van der Waals surface area contributed by atoms with E-state index in [2.05, 4.69) is 31.9 Å². The molecule has 0 aromatic rings. The van der Waals surface area contributed by atoms with E-state index in [-0.39, 0.29) is 12.8 Å². The number of aliphatic hydroxyl groups is 2. The van der Waals surface area contributed by atoms with Gasteiger partial charge in [-0.15, -0.1) is 0 Å². The summed E-state index contributed by atoms with van der Waals surface area (Å²) >= 11 is 0. The maximum absolute atomic E-state index is 13.1. The zero-order valence-corrected chi connectivity index (χ0v) is 28.2. The first-order valence-corrected chi connectivity index (χ1v) is 15.8. The van der Waals surface area contributed by atoms with Crippen LogP contribution in [0.25, 0.3) is 0 Å². The van der Waals surface area contributed by atoms with Gasteiger partial charge >= 0.3 is 11.9 Å². The topological polar surface area (TPSA) is 342 Å². The van der Waals surface area contributed by atoms with E-state index < -0.39 is 122 Å². The minimum Gasteiger partial charge on any atom is -0.481 e. The largest absolute Gasteiger partial charge is 0.481 e. The number of hydrogen-bond acceptors (Lipinski definition) is 12. The molecule has 6 atom stereocenters. The highest BCUT2D eigenvalue weighted by atomic mass is 16.4. The van der Waals surface area contributed by atoms with Crippen LogP contribution in [0.5, 0.6) is 0 Å². The van der Waals surface area contributed by atoms with Gasteiger partial charge in [-0.25, -0.2) is 4.79 Å². The van der Waals surface area contributed by atoms with Gasteiger partial charge in [-0.3, -0.25) is 33.6 Å². The third-order valence-corrected chi connectivity index (χ3v) is 7.14. The van der Waals surface area contributed by atoms with Gasteiger partial charge in [-0.05, 0) is 37.6 Å². The van der Waals surface area contributed by atoms with E-state index >= 15 is 0 Å². The molecule has 0 spiro atoms. The fourth-order valence-electron chi connectivity index (χ4n) is 4.19. The number of carbonyl (C=O) groups is 8. The smallest absolute Gasteiger partial charge is 0.326 e. The van der Waals surface area contributed by atoms with E-state index in [4.69, 9.17) is 16.6 Å². The normalized spacial score (nSPS) is 14.7. The van der Waals surface area contributed by atoms with Crippen molar-refractivity contribution in [1.82, 2.24) is 31.9 Å². The molecular weight excluding hydrogens is 652 g/mol. The molecule has 0 saturated heterocycles. The average Bonchev–Trinajstić information content (AvgIpc) is 3.03. The Bertz CT molecular complexity index is 1150.